The Morgan fingerprint density at radius 2 is 1.91 bits per heavy atom. The van der Waals surface area contributed by atoms with E-state index in [0.717, 1.165) is 25.0 Å². The Morgan fingerprint density at radius 1 is 1.32 bits per heavy atom. The average molecular weight is 319 g/mol. The maximum atomic E-state index is 13.2. The van der Waals surface area contributed by atoms with Crippen LogP contribution in [0, 0.1) is 17.5 Å². The zero-order valence-electron chi connectivity index (χ0n) is 12.5. The molecule has 0 aliphatic carbocycles. The first-order valence-electron chi connectivity index (χ1n) is 7.08. The van der Waals surface area contributed by atoms with Crippen LogP contribution in [0.2, 0.25) is 0 Å². The number of amides is 1. The molecule has 0 aliphatic heterocycles. The summed E-state index contributed by atoms with van der Waals surface area (Å²) in [5.41, 5.74) is -0.0620. The molecule has 0 aliphatic rings. The number of ether oxygens (including phenoxy) is 1. The molecule has 0 heterocycles. The molecule has 7 heteroatoms. The Morgan fingerprint density at radius 3 is 2.41 bits per heavy atom. The number of unbranched alkanes of at least 4 members (excludes halogenated alkanes) is 1. The van der Waals surface area contributed by atoms with Gasteiger partial charge in [-0.05, 0) is 31.0 Å². The van der Waals surface area contributed by atoms with Crippen molar-refractivity contribution in [2.24, 2.45) is 0 Å². The van der Waals surface area contributed by atoms with Crippen LogP contribution in [0.1, 0.15) is 38.3 Å². The highest BCUT2D eigenvalue weighted by atomic mass is 19.2. The van der Waals surface area contributed by atoms with E-state index in [2.05, 4.69) is 5.32 Å². The molecule has 0 bridgehead atoms. The summed E-state index contributed by atoms with van der Waals surface area (Å²) in [5.74, 6) is -4.88. The SMILES string of the molecule is CCCCOC(C)C(=O)NC(CO)c1cc(F)c(F)c(F)c1. The highest BCUT2D eigenvalue weighted by molar-refractivity contribution is 5.80. The van der Waals surface area contributed by atoms with Gasteiger partial charge in [0, 0.05) is 6.61 Å². The van der Waals surface area contributed by atoms with Crippen molar-refractivity contribution < 1.29 is 27.8 Å². The molecule has 124 valence electrons. The normalized spacial score (nSPS) is 13.7. The lowest BCUT2D eigenvalue weighted by Gasteiger charge is -2.20. The van der Waals surface area contributed by atoms with Crippen LogP contribution in [0.3, 0.4) is 0 Å². The Labute approximate surface area is 127 Å². The Balaban J connectivity index is 2.74. The standard InChI is InChI=1S/C15H20F3NO3/c1-3-4-5-22-9(2)15(21)19-13(8-20)10-6-11(16)14(18)12(17)7-10/h6-7,9,13,20H,3-5,8H2,1-2H3,(H,19,21). The van der Waals surface area contributed by atoms with Crippen molar-refractivity contribution in [1.82, 2.24) is 5.32 Å². The third kappa shape index (κ3) is 4.99. The predicted molar refractivity (Wildman–Crippen MR) is 74.6 cm³/mol. The van der Waals surface area contributed by atoms with Gasteiger partial charge in [0.25, 0.3) is 0 Å². The van der Waals surface area contributed by atoms with Crippen molar-refractivity contribution >= 4 is 5.91 Å². The first-order chi connectivity index (χ1) is 10.4. The van der Waals surface area contributed by atoms with Gasteiger partial charge < -0.3 is 15.2 Å². The number of aliphatic hydroxyl groups is 1. The van der Waals surface area contributed by atoms with E-state index in [1.54, 1.807) is 0 Å². The topological polar surface area (TPSA) is 58.6 Å². The molecule has 2 atom stereocenters. The fourth-order valence-electron chi connectivity index (χ4n) is 1.78. The molecule has 0 saturated carbocycles. The highest BCUT2D eigenvalue weighted by Gasteiger charge is 2.21. The molecule has 1 rings (SSSR count). The van der Waals surface area contributed by atoms with Crippen LogP contribution in [-0.4, -0.2) is 30.3 Å². The van der Waals surface area contributed by atoms with E-state index in [9.17, 15) is 23.1 Å². The number of carbonyl (C=O) groups excluding carboxylic acids is 1. The molecule has 0 fully saturated rings. The summed E-state index contributed by atoms with van der Waals surface area (Å²) < 4.78 is 44.6. The van der Waals surface area contributed by atoms with E-state index in [4.69, 9.17) is 4.74 Å². The first kappa shape index (κ1) is 18.4. The van der Waals surface area contributed by atoms with Gasteiger partial charge in [0.05, 0.1) is 12.6 Å². The predicted octanol–water partition coefficient (Wildman–Crippen LogP) is 2.46. The quantitative estimate of drug-likeness (QED) is 0.572. The molecule has 2 N–H and O–H groups in total. The zero-order chi connectivity index (χ0) is 16.7. The van der Waals surface area contributed by atoms with Gasteiger partial charge >= 0.3 is 0 Å². The molecule has 0 aromatic heterocycles. The van der Waals surface area contributed by atoms with Crippen molar-refractivity contribution in [3.8, 4) is 0 Å². The van der Waals surface area contributed by atoms with Crippen molar-refractivity contribution in [2.45, 2.75) is 38.8 Å². The smallest absolute Gasteiger partial charge is 0.249 e. The van der Waals surface area contributed by atoms with Gasteiger partial charge in [-0.2, -0.15) is 0 Å². The fourth-order valence-corrected chi connectivity index (χ4v) is 1.78. The summed E-state index contributed by atoms with van der Waals surface area (Å²) in [7, 11) is 0. The van der Waals surface area contributed by atoms with Crippen LogP contribution in [-0.2, 0) is 9.53 Å². The van der Waals surface area contributed by atoms with E-state index in [1.807, 2.05) is 6.92 Å². The van der Waals surface area contributed by atoms with E-state index >= 15 is 0 Å². The molecule has 0 saturated heterocycles. The highest BCUT2D eigenvalue weighted by Crippen LogP contribution is 2.19. The molecule has 0 radical (unpaired) electrons. The second-order valence-electron chi connectivity index (χ2n) is 4.91. The van der Waals surface area contributed by atoms with Gasteiger partial charge in [-0.15, -0.1) is 0 Å². The van der Waals surface area contributed by atoms with Crippen molar-refractivity contribution in [3.63, 3.8) is 0 Å². The van der Waals surface area contributed by atoms with Gasteiger partial charge in [0.2, 0.25) is 5.91 Å². The number of hydrogen-bond donors (Lipinski definition) is 2. The number of halogens is 3. The van der Waals surface area contributed by atoms with Gasteiger partial charge in [-0.1, -0.05) is 13.3 Å². The fraction of sp³-hybridized carbons (Fsp3) is 0.533. The van der Waals surface area contributed by atoms with Crippen molar-refractivity contribution in [2.75, 3.05) is 13.2 Å². The van der Waals surface area contributed by atoms with Crippen molar-refractivity contribution in [1.29, 1.82) is 0 Å². The summed E-state index contributed by atoms with van der Waals surface area (Å²) in [6.45, 7) is 3.34. The molecule has 1 amide bonds. The largest absolute Gasteiger partial charge is 0.394 e. The summed E-state index contributed by atoms with van der Waals surface area (Å²) in [4.78, 5) is 11.9. The number of rotatable bonds is 8. The number of carbonyl (C=O) groups is 1. The van der Waals surface area contributed by atoms with Crippen molar-refractivity contribution in [3.05, 3.63) is 35.1 Å². The average Bonchev–Trinajstić information content (AvgIpc) is 2.49. The molecule has 22 heavy (non-hydrogen) atoms. The molecule has 4 nitrogen and oxygen atoms in total. The first-order valence-corrected chi connectivity index (χ1v) is 7.08. The number of aliphatic hydroxyl groups excluding tert-OH is 1. The number of nitrogens with one attached hydrogen (secondary N) is 1. The third-order valence-electron chi connectivity index (χ3n) is 3.14. The van der Waals surface area contributed by atoms with Crippen LogP contribution in [0.15, 0.2) is 12.1 Å². The van der Waals surface area contributed by atoms with E-state index in [0.29, 0.717) is 6.61 Å². The third-order valence-corrected chi connectivity index (χ3v) is 3.14. The molecular weight excluding hydrogens is 299 g/mol. The minimum absolute atomic E-state index is 0.0620. The molecule has 2 unspecified atom stereocenters. The van der Waals surface area contributed by atoms with Crippen LogP contribution >= 0.6 is 0 Å². The zero-order valence-corrected chi connectivity index (χ0v) is 12.5. The van der Waals surface area contributed by atoms with E-state index in [1.165, 1.54) is 6.92 Å². The van der Waals surface area contributed by atoms with Crippen LogP contribution < -0.4 is 5.32 Å². The summed E-state index contributed by atoms with van der Waals surface area (Å²) in [5, 5.41) is 11.7. The minimum atomic E-state index is -1.59. The Bertz CT molecular complexity index is 488. The maximum Gasteiger partial charge on any atom is 0.249 e. The Kier molecular flexibility index (Phi) is 7.34. The summed E-state index contributed by atoms with van der Waals surface area (Å²) in [6.07, 6.45) is 0.952. The second kappa shape index (κ2) is 8.75. The van der Waals surface area contributed by atoms with Gasteiger partial charge in [-0.3, -0.25) is 4.79 Å². The molecule has 0 spiro atoms. The lowest BCUT2D eigenvalue weighted by Crippen LogP contribution is -2.38. The van der Waals surface area contributed by atoms with Gasteiger partial charge in [0.1, 0.15) is 6.10 Å². The number of benzene rings is 1. The van der Waals surface area contributed by atoms with Gasteiger partial charge in [0.15, 0.2) is 17.5 Å². The molecular formula is C15H20F3NO3. The van der Waals surface area contributed by atoms with Crippen LogP contribution in [0.4, 0.5) is 13.2 Å². The van der Waals surface area contributed by atoms with Crippen LogP contribution in [0.5, 0.6) is 0 Å². The Hall–Kier alpha value is -1.60. The second-order valence-corrected chi connectivity index (χ2v) is 4.91. The minimum Gasteiger partial charge on any atom is -0.394 e. The maximum absolute atomic E-state index is 13.2. The van der Waals surface area contributed by atoms with Crippen LogP contribution in [0.25, 0.3) is 0 Å². The molecule has 1 aromatic carbocycles. The van der Waals surface area contributed by atoms with E-state index < -0.39 is 42.1 Å². The van der Waals surface area contributed by atoms with Gasteiger partial charge in [-0.25, -0.2) is 13.2 Å². The monoisotopic (exact) mass is 319 g/mol. The molecule has 1 aromatic rings. The lowest BCUT2D eigenvalue weighted by molar-refractivity contribution is -0.132. The summed E-state index contributed by atoms with van der Waals surface area (Å²) in [6, 6.07) is 0.430. The number of hydrogen-bond acceptors (Lipinski definition) is 3. The summed E-state index contributed by atoms with van der Waals surface area (Å²) >= 11 is 0. The lowest BCUT2D eigenvalue weighted by atomic mass is 10.1. The van der Waals surface area contributed by atoms with E-state index in [-0.39, 0.29) is 5.56 Å².